The molecule has 166 valence electrons. The average molecular weight is 469 g/mol. The van der Waals surface area contributed by atoms with E-state index in [4.69, 9.17) is 0 Å². The van der Waals surface area contributed by atoms with Crippen LogP contribution in [-0.4, -0.2) is 20.5 Å². The molecule has 0 atom stereocenters. The number of para-hydroxylation sites is 1. The van der Waals surface area contributed by atoms with Crippen molar-refractivity contribution >= 4 is 33.5 Å². The summed E-state index contributed by atoms with van der Waals surface area (Å²) in [5.41, 5.74) is 4.05. The van der Waals surface area contributed by atoms with Crippen molar-refractivity contribution in [3.63, 3.8) is 0 Å². The van der Waals surface area contributed by atoms with Crippen molar-refractivity contribution < 1.29 is 9.18 Å². The van der Waals surface area contributed by atoms with E-state index in [1.807, 2.05) is 55.5 Å². The molecule has 8 heteroatoms. The largest absolute Gasteiger partial charge is 0.303 e. The molecule has 2 aromatic heterocycles. The maximum atomic E-state index is 13.6. The van der Waals surface area contributed by atoms with Crippen molar-refractivity contribution in [2.45, 2.75) is 13.5 Å². The van der Waals surface area contributed by atoms with Crippen LogP contribution in [0.2, 0.25) is 0 Å². The number of hydrogen-bond donors (Lipinski definition) is 0. The fraction of sp³-hybridized carbons (Fsp3) is 0.0769. The first-order valence-electron chi connectivity index (χ1n) is 10.7. The first kappa shape index (κ1) is 20.4. The lowest BCUT2D eigenvalue weighted by Crippen LogP contribution is -2.32. The van der Waals surface area contributed by atoms with E-state index < -0.39 is 0 Å². The fourth-order valence-corrected chi connectivity index (χ4v) is 5.25. The zero-order chi connectivity index (χ0) is 23.4. The Morgan fingerprint density at radius 1 is 0.912 bits per heavy atom. The molecular formula is C26H17FN4O2S. The maximum Gasteiger partial charge on any atom is 0.291 e. The van der Waals surface area contributed by atoms with Gasteiger partial charge in [-0.05, 0) is 36.2 Å². The molecule has 6 nitrogen and oxygen atoms in total. The zero-order valence-electron chi connectivity index (χ0n) is 18.0. The van der Waals surface area contributed by atoms with Gasteiger partial charge in [0.05, 0.1) is 17.8 Å². The summed E-state index contributed by atoms with van der Waals surface area (Å²) in [6.45, 7) is 2.24. The number of fused-ring (bicyclic) bond motifs is 2. The van der Waals surface area contributed by atoms with Crippen molar-refractivity contribution in [3.05, 3.63) is 110 Å². The van der Waals surface area contributed by atoms with Gasteiger partial charge < -0.3 is 4.90 Å². The summed E-state index contributed by atoms with van der Waals surface area (Å²) in [7, 11) is 0. The van der Waals surface area contributed by atoms with Gasteiger partial charge in [0.2, 0.25) is 4.96 Å². The van der Waals surface area contributed by atoms with Crippen LogP contribution in [0.4, 0.5) is 10.1 Å². The number of amides is 1. The number of aryl methyl sites for hydroxylation is 1. The first-order chi connectivity index (χ1) is 16.5. The van der Waals surface area contributed by atoms with E-state index in [1.165, 1.54) is 16.6 Å². The molecule has 3 heterocycles. The molecule has 0 radical (unpaired) electrons. The van der Waals surface area contributed by atoms with Crippen molar-refractivity contribution in [2.75, 3.05) is 4.90 Å². The van der Waals surface area contributed by atoms with Crippen LogP contribution < -0.4 is 15.0 Å². The van der Waals surface area contributed by atoms with Gasteiger partial charge in [-0.1, -0.05) is 65.9 Å². The number of thiazole rings is 1. The topological polar surface area (TPSA) is 67.6 Å². The molecule has 34 heavy (non-hydrogen) atoms. The summed E-state index contributed by atoms with van der Waals surface area (Å²) >= 11 is 1.16. The third-order valence-corrected chi connectivity index (χ3v) is 6.98. The molecule has 0 N–H and O–H groups in total. The highest BCUT2D eigenvalue weighted by Crippen LogP contribution is 2.36. The lowest BCUT2D eigenvalue weighted by atomic mass is 10.1. The Morgan fingerprint density at radius 3 is 2.35 bits per heavy atom. The van der Waals surface area contributed by atoms with Crippen molar-refractivity contribution in [1.82, 2.24) is 14.6 Å². The molecule has 0 fully saturated rings. The van der Waals surface area contributed by atoms with Crippen LogP contribution in [0.15, 0.2) is 77.6 Å². The predicted octanol–water partition coefficient (Wildman–Crippen LogP) is 3.73. The summed E-state index contributed by atoms with van der Waals surface area (Å²) in [4.78, 5) is 33.5. The zero-order valence-corrected chi connectivity index (χ0v) is 18.8. The lowest BCUT2D eigenvalue weighted by molar-refractivity contribution is -0.113. The Labute approximate surface area is 197 Å². The van der Waals surface area contributed by atoms with Crippen LogP contribution >= 0.6 is 11.3 Å². The third kappa shape index (κ3) is 3.14. The Bertz CT molecular complexity index is 1710. The Balaban J connectivity index is 1.50. The van der Waals surface area contributed by atoms with Crippen LogP contribution in [0.25, 0.3) is 21.9 Å². The van der Waals surface area contributed by atoms with E-state index in [-0.39, 0.29) is 23.8 Å². The van der Waals surface area contributed by atoms with E-state index in [2.05, 4.69) is 10.1 Å². The van der Waals surface area contributed by atoms with E-state index >= 15 is 0 Å². The Kier molecular flexibility index (Phi) is 4.63. The number of carbonyl (C=O) groups is 1. The average Bonchev–Trinajstić information content (AvgIpc) is 3.47. The molecule has 0 bridgehead atoms. The van der Waals surface area contributed by atoms with Crippen LogP contribution in [-0.2, 0) is 11.3 Å². The van der Waals surface area contributed by atoms with Crippen molar-refractivity contribution in [2.24, 2.45) is 0 Å². The predicted molar refractivity (Wildman–Crippen MR) is 129 cm³/mol. The van der Waals surface area contributed by atoms with Gasteiger partial charge in [0, 0.05) is 11.1 Å². The number of anilines is 1. The molecule has 0 saturated carbocycles. The van der Waals surface area contributed by atoms with Crippen LogP contribution in [0.5, 0.6) is 0 Å². The molecule has 0 saturated heterocycles. The van der Waals surface area contributed by atoms with E-state index in [1.54, 1.807) is 17.0 Å². The summed E-state index contributed by atoms with van der Waals surface area (Å²) in [6.07, 6.45) is 0. The molecule has 0 aliphatic carbocycles. The summed E-state index contributed by atoms with van der Waals surface area (Å²) < 4.78 is 14.9. The number of rotatable bonds is 3. The van der Waals surface area contributed by atoms with Crippen LogP contribution in [0, 0.1) is 12.7 Å². The number of aromatic nitrogens is 3. The minimum absolute atomic E-state index is 0.270. The fourth-order valence-electron chi connectivity index (χ4n) is 4.25. The molecule has 0 unspecified atom stereocenters. The molecule has 0 spiro atoms. The number of halogens is 1. The quantitative estimate of drug-likeness (QED) is 0.405. The van der Waals surface area contributed by atoms with E-state index in [9.17, 15) is 14.0 Å². The molecule has 1 aliphatic rings. The Morgan fingerprint density at radius 2 is 1.62 bits per heavy atom. The van der Waals surface area contributed by atoms with Crippen LogP contribution in [0.1, 0.15) is 16.7 Å². The second-order valence-electron chi connectivity index (χ2n) is 8.09. The van der Waals surface area contributed by atoms with Crippen molar-refractivity contribution in [1.29, 1.82) is 0 Å². The van der Waals surface area contributed by atoms with Gasteiger partial charge in [-0.15, -0.1) is 5.10 Å². The van der Waals surface area contributed by atoms with Gasteiger partial charge in [-0.25, -0.2) is 4.39 Å². The molecule has 3 aromatic carbocycles. The molecule has 6 rings (SSSR count). The minimum atomic E-state index is -0.367. The van der Waals surface area contributed by atoms with Gasteiger partial charge in [0.1, 0.15) is 10.3 Å². The molecule has 5 aromatic rings. The maximum absolute atomic E-state index is 13.6. The Hall–Kier alpha value is -4.17. The molecule has 1 amide bonds. The standard InChI is InChI=1S/C26H17FN4O2S/c1-15-6-2-3-7-18(15)23-28-26-31(29-23)25(33)22(34-26)21-19-8-4-5-9-20(19)30(24(21)32)14-16-10-12-17(27)13-11-16/h2-13H,14H2,1H3/b22-21+. The molecular weight excluding hydrogens is 451 g/mol. The molecule has 1 aliphatic heterocycles. The highest BCUT2D eigenvalue weighted by atomic mass is 32.1. The van der Waals surface area contributed by atoms with Gasteiger partial charge >= 0.3 is 0 Å². The number of benzene rings is 3. The summed E-state index contributed by atoms with van der Waals surface area (Å²) in [6, 6.07) is 21.1. The van der Waals surface area contributed by atoms with E-state index in [0.29, 0.717) is 32.1 Å². The summed E-state index contributed by atoms with van der Waals surface area (Å²) in [5.74, 6) is -0.125. The number of nitrogens with zero attached hydrogens (tertiary/aromatic N) is 4. The monoisotopic (exact) mass is 468 g/mol. The normalized spacial score (nSPS) is 14.8. The van der Waals surface area contributed by atoms with Gasteiger partial charge in [-0.3, -0.25) is 9.59 Å². The lowest BCUT2D eigenvalue weighted by Gasteiger charge is -2.17. The highest BCUT2D eigenvalue weighted by molar-refractivity contribution is 7.15. The first-order valence-corrected chi connectivity index (χ1v) is 11.5. The summed E-state index contributed by atoms with van der Waals surface area (Å²) in [5, 5.41) is 4.44. The van der Waals surface area contributed by atoms with Crippen LogP contribution in [0.3, 0.4) is 0 Å². The van der Waals surface area contributed by atoms with Gasteiger partial charge in [0.15, 0.2) is 5.82 Å². The van der Waals surface area contributed by atoms with Gasteiger partial charge in [0.25, 0.3) is 11.5 Å². The van der Waals surface area contributed by atoms with E-state index in [0.717, 1.165) is 28.0 Å². The minimum Gasteiger partial charge on any atom is -0.303 e. The third-order valence-electron chi connectivity index (χ3n) is 5.95. The number of hydrogen-bond acceptors (Lipinski definition) is 5. The second kappa shape index (κ2) is 7.71. The van der Waals surface area contributed by atoms with Crippen molar-refractivity contribution in [3.8, 4) is 11.4 Å². The highest BCUT2D eigenvalue weighted by Gasteiger charge is 2.34. The smallest absolute Gasteiger partial charge is 0.291 e. The van der Waals surface area contributed by atoms with Gasteiger partial charge in [-0.2, -0.15) is 9.50 Å². The number of carbonyl (C=O) groups excluding carboxylic acids is 1. The second-order valence-corrected chi connectivity index (χ2v) is 9.07. The SMILES string of the molecule is Cc1ccccc1-c1nc2s/c(=C3/C(=O)N(Cc4ccc(F)cc4)c4ccccc43)c(=O)n2n1.